The highest BCUT2D eigenvalue weighted by atomic mass is 16.6. The molecule has 72 valence electrons. The van der Waals surface area contributed by atoms with Gasteiger partial charge in [0, 0.05) is 6.04 Å². The van der Waals surface area contributed by atoms with Crippen LogP contribution >= 0.6 is 0 Å². The summed E-state index contributed by atoms with van der Waals surface area (Å²) in [7, 11) is 1.60. The molecule has 0 amide bonds. The standard InChI is InChI=1S/C9H14N2O2/c1-12-9-7(6-11-13-9)8-4-2-3-5-10-8/h6,8,10H,2-5H2,1H3. The van der Waals surface area contributed by atoms with Gasteiger partial charge in [0.25, 0.3) is 0 Å². The van der Waals surface area contributed by atoms with Gasteiger partial charge in [-0.3, -0.25) is 0 Å². The lowest BCUT2D eigenvalue weighted by molar-refractivity contribution is 0.253. The molecule has 4 heteroatoms. The quantitative estimate of drug-likeness (QED) is 0.752. The van der Waals surface area contributed by atoms with Crippen LogP contribution < -0.4 is 10.1 Å². The first-order valence-electron chi connectivity index (χ1n) is 4.64. The topological polar surface area (TPSA) is 47.3 Å². The maximum Gasteiger partial charge on any atom is 0.315 e. The number of piperidine rings is 1. The van der Waals surface area contributed by atoms with Gasteiger partial charge >= 0.3 is 5.95 Å². The van der Waals surface area contributed by atoms with E-state index < -0.39 is 0 Å². The largest absolute Gasteiger partial charge is 0.467 e. The lowest BCUT2D eigenvalue weighted by Crippen LogP contribution is -2.26. The first-order chi connectivity index (χ1) is 6.42. The van der Waals surface area contributed by atoms with E-state index in [4.69, 9.17) is 9.26 Å². The van der Waals surface area contributed by atoms with Crippen LogP contribution in [0.5, 0.6) is 5.95 Å². The van der Waals surface area contributed by atoms with Crippen LogP contribution in [0.4, 0.5) is 0 Å². The normalized spacial score (nSPS) is 23.0. The fourth-order valence-corrected chi connectivity index (χ4v) is 1.74. The third-order valence-corrected chi connectivity index (χ3v) is 2.43. The molecule has 2 rings (SSSR count). The van der Waals surface area contributed by atoms with Crippen molar-refractivity contribution in [1.29, 1.82) is 0 Å². The molecule has 2 heterocycles. The molecule has 0 aliphatic carbocycles. The predicted molar refractivity (Wildman–Crippen MR) is 47.6 cm³/mol. The number of hydrogen-bond acceptors (Lipinski definition) is 4. The monoisotopic (exact) mass is 182 g/mol. The molecular formula is C9H14N2O2. The van der Waals surface area contributed by atoms with E-state index >= 15 is 0 Å². The minimum Gasteiger partial charge on any atom is -0.467 e. The number of aromatic nitrogens is 1. The third-order valence-electron chi connectivity index (χ3n) is 2.43. The third kappa shape index (κ3) is 1.67. The molecule has 0 spiro atoms. The van der Waals surface area contributed by atoms with Crippen LogP contribution in [0.15, 0.2) is 10.7 Å². The number of methoxy groups -OCH3 is 1. The molecule has 1 aliphatic heterocycles. The summed E-state index contributed by atoms with van der Waals surface area (Å²) in [6.07, 6.45) is 5.38. The summed E-state index contributed by atoms with van der Waals surface area (Å²) < 4.78 is 10.0. The molecule has 0 radical (unpaired) electrons. The van der Waals surface area contributed by atoms with E-state index in [2.05, 4.69) is 10.5 Å². The van der Waals surface area contributed by atoms with Gasteiger partial charge in [-0.05, 0) is 19.4 Å². The number of rotatable bonds is 2. The van der Waals surface area contributed by atoms with Crippen LogP contribution in [0, 0.1) is 0 Å². The zero-order valence-electron chi connectivity index (χ0n) is 7.75. The SMILES string of the molecule is COc1oncc1C1CCCCN1. The summed E-state index contributed by atoms with van der Waals surface area (Å²) in [5.74, 6) is 0.541. The average molecular weight is 182 g/mol. The first kappa shape index (κ1) is 8.56. The zero-order chi connectivity index (χ0) is 9.10. The highest BCUT2D eigenvalue weighted by molar-refractivity contribution is 5.23. The van der Waals surface area contributed by atoms with Gasteiger partial charge < -0.3 is 14.6 Å². The van der Waals surface area contributed by atoms with Crippen LogP contribution in [-0.4, -0.2) is 18.8 Å². The maximum absolute atomic E-state index is 5.07. The first-order valence-corrected chi connectivity index (χ1v) is 4.64. The summed E-state index contributed by atoms with van der Waals surface area (Å²) in [5.41, 5.74) is 1.04. The van der Waals surface area contributed by atoms with E-state index in [1.165, 1.54) is 12.8 Å². The second kappa shape index (κ2) is 3.79. The van der Waals surface area contributed by atoms with E-state index in [0.29, 0.717) is 12.0 Å². The summed E-state index contributed by atoms with van der Waals surface area (Å²) in [5, 5.41) is 7.14. The van der Waals surface area contributed by atoms with Gasteiger partial charge in [-0.1, -0.05) is 11.6 Å². The Kier molecular flexibility index (Phi) is 2.49. The minimum atomic E-state index is 0.356. The molecule has 1 aromatic heterocycles. The van der Waals surface area contributed by atoms with Crippen LogP contribution in [0.3, 0.4) is 0 Å². The van der Waals surface area contributed by atoms with Crippen LogP contribution in [-0.2, 0) is 0 Å². The molecule has 1 aliphatic rings. The van der Waals surface area contributed by atoms with Crippen LogP contribution in [0.1, 0.15) is 30.9 Å². The average Bonchev–Trinajstić information content (AvgIpc) is 2.67. The van der Waals surface area contributed by atoms with Crippen molar-refractivity contribution < 1.29 is 9.26 Å². The Labute approximate surface area is 77.2 Å². The van der Waals surface area contributed by atoms with Gasteiger partial charge in [0.1, 0.15) is 0 Å². The van der Waals surface area contributed by atoms with Gasteiger partial charge in [-0.25, -0.2) is 0 Å². The fraction of sp³-hybridized carbons (Fsp3) is 0.667. The lowest BCUT2D eigenvalue weighted by atomic mass is 10.00. The molecule has 1 fully saturated rings. The molecule has 1 saturated heterocycles. The lowest BCUT2D eigenvalue weighted by Gasteiger charge is -2.22. The van der Waals surface area contributed by atoms with Gasteiger partial charge in [0.2, 0.25) is 0 Å². The van der Waals surface area contributed by atoms with Crippen LogP contribution in [0.2, 0.25) is 0 Å². The zero-order valence-corrected chi connectivity index (χ0v) is 7.75. The van der Waals surface area contributed by atoms with E-state index in [-0.39, 0.29) is 0 Å². The highest BCUT2D eigenvalue weighted by Crippen LogP contribution is 2.29. The van der Waals surface area contributed by atoms with Crippen molar-refractivity contribution in [3.8, 4) is 5.95 Å². The van der Waals surface area contributed by atoms with Gasteiger partial charge in [-0.2, -0.15) is 0 Å². The Balaban J connectivity index is 2.13. The molecule has 4 nitrogen and oxygen atoms in total. The van der Waals surface area contributed by atoms with Gasteiger partial charge in [-0.15, -0.1) is 0 Å². The van der Waals surface area contributed by atoms with Crippen molar-refractivity contribution in [2.45, 2.75) is 25.3 Å². The summed E-state index contributed by atoms with van der Waals surface area (Å²) in [6, 6.07) is 0.356. The fourth-order valence-electron chi connectivity index (χ4n) is 1.74. The summed E-state index contributed by atoms with van der Waals surface area (Å²) in [6.45, 7) is 1.07. The summed E-state index contributed by atoms with van der Waals surface area (Å²) >= 11 is 0. The van der Waals surface area contributed by atoms with Crippen molar-refractivity contribution in [3.05, 3.63) is 11.8 Å². The van der Waals surface area contributed by atoms with Crippen LogP contribution in [0.25, 0.3) is 0 Å². The number of hydrogen-bond donors (Lipinski definition) is 1. The Morgan fingerprint density at radius 3 is 3.23 bits per heavy atom. The molecular weight excluding hydrogens is 168 g/mol. The Morgan fingerprint density at radius 1 is 1.62 bits per heavy atom. The van der Waals surface area contributed by atoms with Crippen molar-refractivity contribution in [3.63, 3.8) is 0 Å². The van der Waals surface area contributed by atoms with E-state index in [1.54, 1.807) is 13.3 Å². The Hall–Kier alpha value is -1.03. The van der Waals surface area contributed by atoms with Gasteiger partial charge in [0.05, 0.1) is 18.9 Å². The highest BCUT2D eigenvalue weighted by Gasteiger charge is 2.21. The van der Waals surface area contributed by atoms with Crippen molar-refractivity contribution in [2.75, 3.05) is 13.7 Å². The minimum absolute atomic E-state index is 0.356. The van der Waals surface area contributed by atoms with E-state index in [0.717, 1.165) is 18.5 Å². The number of ether oxygens (including phenoxy) is 1. The number of nitrogens with one attached hydrogen (secondary N) is 1. The molecule has 0 saturated carbocycles. The predicted octanol–water partition coefficient (Wildman–Crippen LogP) is 1.50. The molecule has 1 aromatic rings. The van der Waals surface area contributed by atoms with Crippen molar-refractivity contribution in [1.82, 2.24) is 10.5 Å². The maximum atomic E-state index is 5.07. The van der Waals surface area contributed by atoms with Gasteiger partial charge in [0.15, 0.2) is 0 Å². The number of nitrogens with zero attached hydrogens (tertiary/aromatic N) is 1. The smallest absolute Gasteiger partial charge is 0.315 e. The second-order valence-electron chi connectivity index (χ2n) is 3.28. The van der Waals surface area contributed by atoms with Crippen molar-refractivity contribution >= 4 is 0 Å². The molecule has 0 bridgehead atoms. The van der Waals surface area contributed by atoms with E-state index in [9.17, 15) is 0 Å². The Morgan fingerprint density at radius 2 is 2.54 bits per heavy atom. The molecule has 1 atom stereocenters. The summed E-state index contributed by atoms with van der Waals surface area (Å²) in [4.78, 5) is 0. The Bertz CT molecular complexity index is 266. The van der Waals surface area contributed by atoms with Crippen molar-refractivity contribution in [2.24, 2.45) is 0 Å². The second-order valence-corrected chi connectivity index (χ2v) is 3.28. The molecule has 13 heavy (non-hydrogen) atoms. The molecule has 1 unspecified atom stereocenters. The van der Waals surface area contributed by atoms with E-state index in [1.807, 2.05) is 0 Å². The molecule has 0 aromatic carbocycles. The molecule has 1 N–H and O–H groups in total.